The third-order valence-corrected chi connectivity index (χ3v) is 3.81. The fraction of sp³-hybridized carbons (Fsp3) is 0.462. The van der Waals surface area contributed by atoms with Crippen molar-refractivity contribution in [3.8, 4) is 0 Å². The van der Waals surface area contributed by atoms with Crippen LogP contribution in [-0.2, 0) is 14.8 Å². The molecule has 0 radical (unpaired) electrons. The van der Waals surface area contributed by atoms with Crippen molar-refractivity contribution in [3.05, 3.63) is 24.3 Å². The highest BCUT2D eigenvalue weighted by molar-refractivity contribution is 7.92. The van der Waals surface area contributed by atoms with Crippen molar-refractivity contribution >= 4 is 27.3 Å². The third-order valence-electron chi connectivity index (χ3n) is 2.61. The van der Waals surface area contributed by atoms with Crippen LogP contribution in [-0.4, -0.2) is 27.6 Å². The van der Waals surface area contributed by atoms with Crippen molar-refractivity contribution in [1.82, 2.24) is 0 Å². The van der Waals surface area contributed by atoms with Gasteiger partial charge in [-0.2, -0.15) is 0 Å². The second kappa shape index (κ2) is 6.06. The number of nitrogens with one attached hydrogen (secondary N) is 1. The summed E-state index contributed by atoms with van der Waals surface area (Å²) in [5.41, 5.74) is 1.22. The van der Waals surface area contributed by atoms with Gasteiger partial charge in [-0.05, 0) is 30.2 Å². The topological polar surface area (TPSA) is 66.5 Å². The Bertz CT molecular complexity index is 536. The van der Waals surface area contributed by atoms with Gasteiger partial charge in [0.25, 0.3) is 0 Å². The van der Waals surface area contributed by atoms with E-state index in [1.165, 1.54) is 11.4 Å². The average Bonchev–Trinajstić information content (AvgIpc) is 2.26. The van der Waals surface area contributed by atoms with Gasteiger partial charge in [-0.1, -0.05) is 13.8 Å². The van der Waals surface area contributed by atoms with E-state index in [1.54, 1.807) is 24.3 Å². The summed E-state index contributed by atoms with van der Waals surface area (Å²) < 4.78 is 23.9. The number of carbonyl (C=O) groups is 1. The Morgan fingerprint density at radius 3 is 2.21 bits per heavy atom. The van der Waals surface area contributed by atoms with Crippen molar-refractivity contribution < 1.29 is 13.2 Å². The highest BCUT2D eigenvalue weighted by Crippen LogP contribution is 2.19. The van der Waals surface area contributed by atoms with Gasteiger partial charge in [-0.3, -0.25) is 9.10 Å². The summed E-state index contributed by atoms with van der Waals surface area (Å²) in [6.07, 6.45) is 1.61. The maximum atomic E-state index is 11.6. The van der Waals surface area contributed by atoms with Crippen LogP contribution in [0.2, 0.25) is 0 Å². The van der Waals surface area contributed by atoms with E-state index in [-0.39, 0.29) is 5.91 Å². The zero-order valence-corrected chi connectivity index (χ0v) is 12.5. The van der Waals surface area contributed by atoms with E-state index < -0.39 is 10.0 Å². The van der Waals surface area contributed by atoms with Crippen LogP contribution in [0.25, 0.3) is 0 Å². The van der Waals surface area contributed by atoms with Gasteiger partial charge < -0.3 is 5.32 Å². The summed E-state index contributed by atoms with van der Waals surface area (Å²) >= 11 is 0. The number of hydrogen-bond acceptors (Lipinski definition) is 3. The first kappa shape index (κ1) is 15.5. The molecule has 0 heterocycles. The van der Waals surface area contributed by atoms with Crippen LogP contribution in [0, 0.1) is 5.92 Å². The highest BCUT2D eigenvalue weighted by atomic mass is 32.2. The molecule has 1 N–H and O–H groups in total. The molecule has 0 aliphatic heterocycles. The Morgan fingerprint density at radius 2 is 1.79 bits per heavy atom. The van der Waals surface area contributed by atoms with E-state index in [0.717, 1.165) is 6.26 Å². The molecule has 0 saturated heterocycles. The minimum absolute atomic E-state index is 0.0424. The van der Waals surface area contributed by atoms with Crippen LogP contribution in [0.1, 0.15) is 20.3 Å². The summed E-state index contributed by atoms with van der Waals surface area (Å²) in [6, 6.07) is 6.70. The molecule has 6 heteroatoms. The highest BCUT2D eigenvalue weighted by Gasteiger charge is 2.11. The van der Waals surface area contributed by atoms with Gasteiger partial charge in [0, 0.05) is 19.2 Å². The largest absolute Gasteiger partial charge is 0.326 e. The summed E-state index contributed by atoms with van der Waals surface area (Å²) in [5.74, 6) is 0.259. The minimum Gasteiger partial charge on any atom is -0.326 e. The van der Waals surface area contributed by atoms with Crippen LogP contribution in [0.15, 0.2) is 24.3 Å². The lowest BCUT2D eigenvalue weighted by Crippen LogP contribution is -2.24. The molecule has 0 spiro atoms. The van der Waals surface area contributed by atoms with Gasteiger partial charge in [0.05, 0.1) is 11.9 Å². The van der Waals surface area contributed by atoms with Crippen molar-refractivity contribution in [2.24, 2.45) is 5.92 Å². The molecule has 0 atom stereocenters. The number of anilines is 2. The van der Waals surface area contributed by atoms with Gasteiger partial charge >= 0.3 is 0 Å². The maximum Gasteiger partial charge on any atom is 0.231 e. The number of carbonyl (C=O) groups excluding carboxylic acids is 1. The molecule has 1 amide bonds. The molecule has 1 aromatic rings. The lowest BCUT2D eigenvalue weighted by Gasteiger charge is -2.17. The number of sulfonamides is 1. The molecule has 0 bridgehead atoms. The lowest BCUT2D eigenvalue weighted by atomic mass is 10.1. The van der Waals surface area contributed by atoms with Crippen molar-refractivity contribution in [3.63, 3.8) is 0 Å². The van der Waals surface area contributed by atoms with Gasteiger partial charge in [-0.25, -0.2) is 8.42 Å². The van der Waals surface area contributed by atoms with Gasteiger partial charge in [-0.15, -0.1) is 0 Å². The molecule has 0 saturated carbocycles. The van der Waals surface area contributed by atoms with Gasteiger partial charge in [0.1, 0.15) is 0 Å². The van der Waals surface area contributed by atoms with Crippen LogP contribution < -0.4 is 9.62 Å². The first-order valence-electron chi connectivity index (χ1n) is 6.04. The van der Waals surface area contributed by atoms with E-state index in [4.69, 9.17) is 0 Å². The van der Waals surface area contributed by atoms with Crippen LogP contribution in [0.4, 0.5) is 11.4 Å². The summed E-state index contributed by atoms with van der Waals surface area (Å²) in [5, 5.41) is 2.77. The van der Waals surface area contributed by atoms with E-state index in [1.807, 2.05) is 13.8 Å². The van der Waals surface area contributed by atoms with Gasteiger partial charge in [0.2, 0.25) is 15.9 Å². The van der Waals surface area contributed by atoms with Crippen LogP contribution >= 0.6 is 0 Å². The predicted octanol–water partition coefficient (Wildman–Crippen LogP) is 2.07. The van der Waals surface area contributed by atoms with Crippen molar-refractivity contribution in [1.29, 1.82) is 0 Å². The average molecular weight is 284 g/mol. The Balaban J connectivity index is 2.75. The van der Waals surface area contributed by atoms with E-state index in [0.29, 0.717) is 23.7 Å². The predicted molar refractivity (Wildman–Crippen MR) is 77.8 cm³/mol. The van der Waals surface area contributed by atoms with Gasteiger partial charge in [0.15, 0.2) is 0 Å². The molecular weight excluding hydrogens is 264 g/mol. The Kier molecular flexibility index (Phi) is 4.94. The summed E-state index contributed by atoms with van der Waals surface area (Å²) in [7, 11) is -1.77. The van der Waals surface area contributed by atoms with Crippen molar-refractivity contribution in [2.45, 2.75) is 20.3 Å². The molecule has 0 aliphatic carbocycles. The third kappa shape index (κ3) is 4.90. The lowest BCUT2D eigenvalue weighted by molar-refractivity contribution is -0.116. The van der Waals surface area contributed by atoms with Crippen molar-refractivity contribution in [2.75, 3.05) is 22.9 Å². The smallest absolute Gasteiger partial charge is 0.231 e. The first-order chi connectivity index (χ1) is 8.70. The number of nitrogens with zero attached hydrogens (tertiary/aromatic N) is 1. The maximum absolute atomic E-state index is 11.6. The molecule has 106 valence electrons. The molecule has 19 heavy (non-hydrogen) atoms. The number of benzene rings is 1. The molecule has 0 unspecified atom stereocenters. The summed E-state index contributed by atoms with van der Waals surface area (Å²) in [6.45, 7) is 3.95. The zero-order chi connectivity index (χ0) is 14.6. The Morgan fingerprint density at radius 1 is 1.26 bits per heavy atom. The van der Waals surface area contributed by atoms with Crippen LogP contribution in [0.5, 0.6) is 0 Å². The number of hydrogen-bond donors (Lipinski definition) is 1. The second-order valence-corrected chi connectivity index (χ2v) is 6.94. The molecule has 5 nitrogen and oxygen atoms in total. The SMILES string of the molecule is CC(C)CC(=O)Nc1ccc(N(C)S(C)(=O)=O)cc1. The molecule has 1 rings (SSSR count). The monoisotopic (exact) mass is 284 g/mol. The Hall–Kier alpha value is -1.56. The molecule has 0 aromatic heterocycles. The fourth-order valence-corrected chi connectivity index (χ4v) is 2.03. The molecule has 1 aromatic carbocycles. The first-order valence-corrected chi connectivity index (χ1v) is 7.89. The zero-order valence-electron chi connectivity index (χ0n) is 11.7. The molecular formula is C13H20N2O3S. The standard InChI is InChI=1S/C13H20N2O3S/c1-10(2)9-13(16)14-11-5-7-12(8-6-11)15(3)19(4,17)18/h5-8,10H,9H2,1-4H3,(H,14,16). The summed E-state index contributed by atoms with van der Waals surface area (Å²) in [4.78, 5) is 11.6. The number of rotatable bonds is 5. The van der Waals surface area contributed by atoms with E-state index in [9.17, 15) is 13.2 Å². The normalized spacial score (nSPS) is 11.4. The fourth-order valence-electron chi connectivity index (χ4n) is 1.53. The Labute approximate surface area is 114 Å². The van der Waals surface area contributed by atoms with E-state index >= 15 is 0 Å². The van der Waals surface area contributed by atoms with E-state index in [2.05, 4.69) is 5.32 Å². The number of amides is 1. The molecule has 0 fully saturated rings. The minimum atomic E-state index is -3.26. The van der Waals surface area contributed by atoms with Crippen LogP contribution in [0.3, 0.4) is 0 Å². The second-order valence-electron chi connectivity index (χ2n) is 4.92. The molecule has 0 aliphatic rings. The quantitative estimate of drug-likeness (QED) is 0.900.